The van der Waals surface area contributed by atoms with Crippen molar-refractivity contribution in [1.82, 2.24) is 19.6 Å². The lowest BCUT2D eigenvalue weighted by Gasteiger charge is -2.21. The Labute approximate surface area is 199 Å². The quantitative estimate of drug-likeness (QED) is 0.228. The summed E-state index contributed by atoms with van der Waals surface area (Å²) in [6, 6.07) is -1.70. The zero-order chi connectivity index (χ0) is 25.3. The molecule has 0 aliphatic carbocycles. The minimum absolute atomic E-state index is 0.123. The molecule has 33 heavy (non-hydrogen) atoms. The van der Waals surface area contributed by atoms with Crippen molar-refractivity contribution in [3.8, 4) is 11.1 Å². The van der Waals surface area contributed by atoms with Crippen molar-refractivity contribution in [2.45, 2.75) is 38.3 Å². The van der Waals surface area contributed by atoms with Gasteiger partial charge in [-0.25, -0.2) is 8.78 Å². The first-order chi connectivity index (χ1) is 15.0. The number of aromatic nitrogens is 4. The lowest BCUT2D eigenvalue weighted by Crippen LogP contribution is -2.34. The van der Waals surface area contributed by atoms with Gasteiger partial charge in [-0.05, 0) is 48.6 Å². The fourth-order valence-corrected chi connectivity index (χ4v) is 3.05. The molecule has 0 amide bonds. The van der Waals surface area contributed by atoms with Crippen LogP contribution < -0.4 is 11.1 Å². The van der Waals surface area contributed by atoms with Crippen LogP contribution in [0.3, 0.4) is 0 Å². The summed E-state index contributed by atoms with van der Waals surface area (Å²) in [6.07, 6.45) is -7.81. The average molecular weight is 617 g/mol. The molecule has 0 bridgehead atoms. The van der Waals surface area contributed by atoms with Gasteiger partial charge in [-0.2, -0.15) is 45.9 Å². The van der Waals surface area contributed by atoms with Crippen molar-refractivity contribution in [3.63, 3.8) is 0 Å². The predicted molar refractivity (Wildman–Crippen MR) is 113 cm³/mol. The van der Waals surface area contributed by atoms with Crippen LogP contribution in [-0.4, -0.2) is 44.0 Å². The summed E-state index contributed by atoms with van der Waals surface area (Å²) in [4.78, 5) is 7.59. The Balaban J connectivity index is 0.000000479. The molecule has 182 valence electrons. The number of nitrogens with one attached hydrogen (secondary N) is 1. The SMILES string of the molecule is CC(N)C(F)(F)F.CC(Nc1c(-c2c(F)cc(I)cc2F)c(Cl)nc2ncnn12)C(F)(F)F. The Bertz CT molecular complexity index is 1110. The van der Waals surface area contributed by atoms with E-state index in [0.717, 1.165) is 36.8 Å². The third-order valence-electron chi connectivity index (χ3n) is 4.00. The fraction of sp³-hybridized carbons (Fsp3) is 0.353. The number of anilines is 1. The number of nitrogens with two attached hydrogens (primary N) is 1. The van der Waals surface area contributed by atoms with Gasteiger partial charge < -0.3 is 11.1 Å². The van der Waals surface area contributed by atoms with Crippen molar-refractivity contribution in [3.05, 3.63) is 38.8 Å². The molecule has 2 atom stereocenters. The summed E-state index contributed by atoms with van der Waals surface area (Å²) < 4.78 is 102. The van der Waals surface area contributed by atoms with Gasteiger partial charge in [0.2, 0.25) is 0 Å². The summed E-state index contributed by atoms with van der Waals surface area (Å²) in [7, 11) is 0. The highest BCUT2D eigenvalue weighted by atomic mass is 127. The highest BCUT2D eigenvalue weighted by Crippen LogP contribution is 2.39. The second-order valence-electron chi connectivity index (χ2n) is 6.58. The fourth-order valence-electron chi connectivity index (χ4n) is 2.24. The van der Waals surface area contributed by atoms with Crippen molar-refractivity contribution in [1.29, 1.82) is 0 Å². The average Bonchev–Trinajstić information content (AvgIpc) is 3.10. The van der Waals surface area contributed by atoms with Crippen LogP contribution in [0.4, 0.5) is 40.9 Å². The van der Waals surface area contributed by atoms with Crippen LogP contribution in [0.15, 0.2) is 18.5 Å². The summed E-state index contributed by atoms with van der Waals surface area (Å²) in [6.45, 7) is 1.75. The van der Waals surface area contributed by atoms with Crippen LogP contribution in [0.2, 0.25) is 5.15 Å². The molecule has 2 heterocycles. The number of alkyl halides is 6. The lowest BCUT2D eigenvalue weighted by atomic mass is 10.1. The highest BCUT2D eigenvalue weighted by molar-refractivity contribution is 14.1. The van der Waals surface area contributed by atoms with Gasteiger partial charge >= 0.3 is 12.4 Å². The Morgan fingerprint density at radius 2 is 1.55 bits per heavy atom. The molecule has 0 aliphatic heterocycles. The monoisotopic (exact) mass is 616 g/mol. The first-order valence-corrected chi connectivity index (χ1v) is 10.2. The molecule has 3 rings (SSSR count). The van der Waals surface area contributed by atoms with Gasteiger partial charge in [-0.1, -0.05) is 11.6 Å². The molecule has 2 aromatic heterocycles. The second kappa shape index (κ2) is 10.1. The molecule has 1 aromatic carbocycles. The van der Waals surface area contributed by atoms with Gasteiger partial charge in [-0.15, -0.1) is 0 Å². The molecule has 0 saturated carbocycles. The molecule has 3 aromatic rings. The number of hydrogen-bond acceptors (Lipinski definition) is 5. The van der Waals surface area contributed by atoms with Gasteiger partial charge in [0.1, 0.15) is 35.0 Å². The van der Waals surface area contributed by atoms with Crippen LogP contribution >= 0.6 is 34.2 Å². The van der Waals surface area contributed by atoms with Crippen molar-refractivity contribution >= 4 is 45.8 Å². The molecule has 0 aliphatic rings. The van der Waals surface area contributed by atoms with E-state index in [2.05, 4.69) is 26.1 Å². The predicted octanol–water partition coefficient (Wildman–Crippen LogP) is 5.59. The molecular formula is C17H14ClF8IN6. The van der Waals surface area contributed by atoms with E-state index in [1.165, 1.54) is 0 Å². The molecule has 0 radical (unpaired) electrons. The number of rotatable bonds is 3. The van der Waals surface area contributed by atoms with Crippen LogP contribution in [-0.2, 0) is 0 Å². The topological polar surface area (TPSA) is 81.1 Å². The molecule has 3 N–H and O–H groups in total. The third-order valence-corrected chi connectivity index (χ3v) is 4.90. The number of benzene rings is 1. The highest BCUT2D eigenvalue weighted by Gasteiger charge is 2.37. The second-order valence-corrected chi connectivity index (χ2v) is 8.18. The standard InChI is InChI=1S/C14H8ClF5IN5.C3H6F3N/c1-5(14(18,19)20)24-12-10(9-7(16)2-6(21)3-8(9)17)11(15)25-13-22-4-23-26(12)13;1-2(7)3(4,5)6/h2-5,24H,1H3;2H,7H2,1H3. The maximum atomic E-state index is 14.4. The summed E-state index contributed by atoms with van der Waals surface area (Å²) in [5.74, 6) is -2.50. The Morgan fingerprint density at radius 1 is 1.03 bits per heavy atom. The van der Waals surface area contributed by atoms with Crippen molar-refractivity contribution < 1.29 is 35.1 Å². The molecule has 16 heteroatoms. The zero-order valence-electron chi connectivity index (χ0n) is 16.5. The molecule has 0 fully saturated rings. The lowest BCUT2D eigenvalue weighted by molar-refractivity contribution is -0.143. The maximum Gasteiger partial charge on any atom is 0.408 e. The number of hydrogen-bond donors (Lipinski definition) is 2. The van der Waals surface area contributed by atoms with Crippen LogP contribution in [0.1, 0.15) is 13.8 Å². The largest absolute Gasteiger partial charge is 0.408 e. The van der Waals surface area contributed by atoms with Crippen molar-refractivity contribution in [2.75, 3.05) is 5.32 Å². The Hall–Kier alpha value is -2.01. The van der Waals surface area contributed by atoms with E-state index < -0.39 is 46.8 Å². The van der Waals surface area contributed by atoms with E-state index in [9.17, 15) is 35.1 Å². The zero-order valence-corrected chi connectivity index (χ0v) is 19.4. The molecule has 0 saturated heterocycles. The van der Waals surface area contributed by atoms with Gasteiger partial charge in [0.05, 0.1) is 17.2 Å². The van der Waals surface area contributed by atoms with E-state index in [-0.39, 0.29) is 20.7 Å². The van der Waals surface area contributed by atoms with Gasteiger partial charge in [0, 0.05) is 3.57 Å². The third kappa shape index (κ3) is 6.53. The smallest absolute Gasteiger partial charge is 0.358 e. The van der Waals surface area contributed by atoms with Gasteiger partial charge in [-0.3, -0.25) is 0 Å². The van der Waals surface area contributed by atoms with Crippen molar-refractivity contribution in [2.24, 2.45) is 5.73 Å². The molecule has 2 unspecified atom stereocenters. The normalized spacial score (nSPS) is 14.0. The van der Waals surface area contributed by atoms with E-state index in [0.29, 0.717) is 0 Å². The first-order valence-electron chi connectivity index (χ1n) is 8.73. The number of nitrogens with zero attached hydrogens (tertiary/aromatic N) is 4. The molecule has 0 spiro atoms. The Kier molecular flexibility index (Phi) is 8.32. The van der Waals surface area contributed by atoms with E-state index >= 15 is 0 Å². The number of fused-ring (bicyclic) bond motifs is 1. The van der Waals surface area contributed by atoms with Gasteiger partial charge in [0.25, 0.3) is 5.78 Å². The van der Waals surface area contributed by atoms with Crippen LogP contribution in [0.5, 0.6) is 0 Å². The first kappa shape index (κ1) is 27.2. The summed E-state index contributed by atoms with van der Waals surface area (Å²) in [5.41, 5.74) is 3.45. The van der Waals surface area contributed by atoms with Crippen LogP contribution in [0, 0.1) is 15.2 Å². The maximum absolute atomic E-state index is 14.4. The van der Waals surface area contributed by atoms with Crippen LogP contribution in [0.25, 0.3) is 16.9 Å². The minimum atomic E-state index is -4.62. The number of halogens is 10. The van der Waals surface area contributed by atoms with E-state index in [1.807, 2.05) is 0 Å². The molecule has 6 nitrogen and oxygen atoms in total. The van der Waals surface area contributed by atoms with E-state index in [4.69, 9.17) is 11.6 Å². The summed E-state index contributed by atoms with van der Waals surface area (Å²) in [5, 5.41) is 5.51. The minimum Gasteiger partial charge on any atom is -0.358 e. The van der Waals surface area contributed by atoms with E-state index in [1.54, 1.807) is 22.6 Å². The van der Waals surface area contributed by atoms with Gasteiger partial charge in [0.15, 0.2) is 0 Å². The Morgan fingerprint density at radius 3 is 2.00 bits per heavy atom. The summed E-state index contributed by atoms with van der Waals surface area (Å²) >= 11 is 7.74. The molecular weight excluding hydrogens is 603 g/mol.